The Kier molecular flexibility index (Phi) is 6.82. The topological polar surface area (TPSA) is 101 Å². The molecule has 126 valence electrons. The molecule has 0 saturated carbocycles. The van der Waals surface area contributed by atoms with Crippen molar-refractivity contribution in [2.75, 3.05) is 13.7 Å². The highest BCUT2D eigenvalue weighted by Gasteiger charge is 2.13. The van der Waals surface area contributed by atoms with Gasteiger partial charge in [-0.05, 0) is 39.0 Å². The fourth-order valence-corrected chi connectivity index (χ4v) is 2.10. The second-order valence-corrected chi connectivity index (χ2v) is 7.03. The molecular weight excluding hydrogens is 372 g/mol. The predicted molar refractivity (Wildman–Crippen MR) is 95.7 cm³/mol. The number of rotatable bonds is 5. The van der Waals surface area contributed by atoms with Gasteiger partial charge in [-0.15, -0.1) is 0 Å². The summed E-state index contributed by atoms with van der Waals surface area (Å²) >= 11 is 3.22. The maximum Gasteiger partial charge on any atom is 0.174 e. The highest BCUT2D eigenvalue weighted by atomic mass is 79.9. The maximum atomic E-state index is 9.79. The third-order valence-corrected chi connectivity index (χ3v) is 3.47. The fourth-order valence-electron chi connectivity index (χ4n) is 1.64. The Balaban J connectivity index is 3.13. The van der Waals surface area contributed by atoms with Crippen LogP contribution in [0.2, 0.25) is 0 Å². The quantitative estimate of drug-likeness (QED) is 0.591. The van der Waals surface area contributed by atoms with Crippen molar-refractivity contribution in [1.82, 2.24) is 5.32 Å². The number of ether oxygens (including phenoxy) is 1. The summed E-state index contributed by atoms with van der Waals surface area (Å²) in [6, 6.07) is 7.09. The van der Waals surface area contributed by atoms with E-state index in [1.54, 1.807) is 12.1 Å². The van der Waals surface area contributed by atoms with Crippen LogP contribution in [0.5, 0.6) is 11.5 Å². The minimum Gasteiger partial charge on any atom is -0.503 e. The Labute approximate surface area is 150 Å². The number of methoxy groups -OCH3 is 1. The molecule has 1 rings (SSSR count). The van der Waals surface area contributed by atoms with Crippen LogP contribution >= 0.6 is 15.9 Å². The molecule has 0 bridgehead atoms. The summed E-state index contributed by atoms with van der Waals surface area (Å²) in [6.07, 6.45) is 1.43. The van der Waals surface area contributed by atoms with Crippen molar-refractivity contribution < 1.29 is 9.84 Å². The van der Waals surface area contributed by atoms with Gasteiger partial charge in [0, 0.05) is 12.8 Å². The number of hydrogen-bond donors (Lipinski definition) is 2. The van der Waals surface area contributed by atoms with Crippen LogP contribution in [0.3, 0.4) is 0 Å². The van der Waals surface area contributed by atoms with Crippen molar-refractivity contribution in [3.8, 4) is 23.6 Å². The smallest absolute Gasteiger partial charge is 0.174 e. The summed E-state index contributed by atoms with van der Waals surface area (Å²) in [4.78, 5) is 4.08. The van der Waals surface area contributed by atoms with E-state index in [1.807, 2.05) is 32.9 Å². The van der Waals surface area contributed by atoms with Crippen molar-refractivity contribution in [2.24, 2.45) is 10.4 Å². The molecule has 0 spiro atoms. The van der Waals surface area contributed by atoms with Gasteiger partial charge in [-0.1, -0.05) is 20.8 Å². The first-order valence-electron chi connectivity index (χ1n) is 7.10. The van der Waals surface area contributed by atoms with Crippen LogP contribution in [-0.4, -0.2) is 25.0 Å². The van der Waals surface area contributed by atoms with Crippen molar-refractivity contribution in [2.45, 2.75) is 20.8 Å². The highest BCUT2D eigenvalue weighted by molar-refractivity contribution is 9.10. The van der Waals surface area contributed by atoms with Crippen LogP contribution in [-0.2, 0) is 0 Å². The number of phenols is 1. The Morgan fingerprint density at radius 2 is 2.04 bits per heavy atom. The Morgan fingerprint density at radius 1 is 1.38 bits per heavy atom. The first kappa shape index (κ1) is 19.5. The van der Waals surface area contributed by atoms with Crippen molar-refractivity contribution >= 4 is 22.1 Å². The lowest BCUT2D eigenvalue weighted by Gasteiger charge is -2.18. The average molecular weight is 391 g/mol. The number of nitrogens with zero attached hydrogens (tertiary/aromatic N) is 3. The molecule has 0 aliphatic rings. The average Bonchev–Trinajstić information content (AvgIpc) is 2.52. The second kappa shape index (κ2) is 8.37. The normalized spacial score (nSPS) is 12.3. The molecule has 0 aliphatic carbocycles. The summed E-state index contributed by atoms with van der Waals surface area (Å²) in [5, 5.41) is 31.2. The Morgan fingerprint density at radius 3 is 2.54 bits per heavy atom. The molecule has 7 heteroatoms. The van der Waals surface area contributed by atoms with E-state index in [0.717, 1.165) is 0 Å². The maximum absolute atomic E-state index is 9.79. The molecule has 24 heavy (non-hydrogen) atoms. The molecular formula is C17H19BrN4O2. The molecule has 0 fully saturated rings. The number of aliphatic imine (C=N–C) groups is 1. The van der Waals surface area contributed by atoms with Crippen molar-refractivity contribution in [3.63, 3.8) is 0 Å². The number of nitriles is 2. The zero-order valence-electron chi connectivity index (χ0n) is 14.0. The zero-order chi connectivity index (χ0) is 18.3. The predicted octanol–water partition coefficient (Wildman–Crippen LogP) is 3.48. The fraction of sp³-hybridized carbons (Fsp3) is 0.353. The molecule has 0 aliphatic heterocycles. The number of nitrogens with one attached hydrogen (secondary N) is 1. The molecule has 0 heterocycles. The largest absolute Gasteiger partial charge is 0.503 e. The van der Waals surface area contributed by atoms with Gasteiger partial charge in [0.15, 0.2) is 22.9 Å². The molecule has 0 aromatic heterocycles. The number of allylic oxidation sites excluding steroid dienone is 2. The van der Waals surface area contributed by atoms with E-state index in [2.05, 4.69) is 26.2 Å². The molecule has 0 radical (unpaired) electrons. The van der Waals surface area contributed by atoms with E-state index in [4.69, 9.17) is 4.74 Å². The first-order valence-corrected chi connectivity index (χ1v) is 7.90. The van der Waals surface area contributed by atoms with E-state index in [0.29, 0.717) is 16.6 Å². The summed E-state index contributed by atoms with van der Waals surface area (Å²) in [6.45, 7) is 6.59. The second-order valence-electron chi connectivity index (χ2n) is 6.17. The number of aromatic hydroxyl groups is 1. The van der Waals surface area contributed by atoms with Gasteiger partial charge in [0.2, 0.25) is 0 Å². The third kappa shape index (κ3) is 5.60. The molecule has 6 nitrogen and oxygen atoms in total. The lowest BCUT2D eigenvalue weighted by Crippen LogP contribution is -2.26. The number of halogens is 1. The molecule has 2 N–H and O–H groups in total. The van der Waals surface area contributed by atoms with Crippen LogP contribution in [0.1, 0.15) is 26.3 Å². The van der Waals surface area contributed by atoms with Crippen molar-refractivity contribution in [3.05, 3.63) is 33.6 Å². The van der Waals surface area contributed by atoms with E-state index < -0.39 is 0 Å². The molecule has 1 aromatic carbocycles. The molecule has 0 unspecified atom stereocenters. The first-order chi connectivity index (χ1) is 11.2. The van der Waals surface area contributed by atoms with E-state index >= 15 is 0 Å². The third-order valence-electron chi connectivity index (χ3n) is 2.86. The van der Waals surface area contributed by atoms with Gasteiger partial charge >= 0.3 is 0 Å². The van der Waals surface area contributed by atoms with E-state index in [-0.39, 0.29) is 28.3 Å². The van der Waals surface area contributed by atoms with Crippen LogP contribution < -0.4 is 10.1 Å². The Bertz CT molecular complexity index is 750. The SMILES string of the molecule is COc1cc(C=N/C(C#N)=C(/C#N)NCC(C)(C)C)cc(Br)c1O. The van der Waals surface area contributed by atoms with Gasteiger partial charge in [0.25, 0.3) is 0 Å². The minimum atomic E-state index is -0.0401. The molecule has 0 atom stereocenters. The van der Waals surface area contributed by atoms with E-state index in [9.17, 15) is 15.6 Å². The molecule has 1 aromatic rings. The number of phenolic OH excluding ortho intramolecular Hbond substituents is 1. The van der Waals surface area contributed by atoms with Crippen molar-refractivity contribution in [1.29, 1.82) is 10.5 Å². The summed E-state index contributed by atoms with van der Waals surface area (Å²) in [5.41, 5.74) is 0.678. The van der Waals surface area contributed by atoms with Gasteiger partial charge in [0.05, 0.1) is 11.6 Å². The molecule has 0 saturated heterocycles. The Hall–Kier alpha value is -2.51. The van der Waals surface area contributed by atoms with Crippen LogP contribution in [0.25, 0.3) is 0 Å². The van der Waals surface area contributed by atoms with Crippen LogP contribution in [0, 0.1) is 28.1 Å². The van der Waals surface area contributed by atoms with Gasteiger partial charge in [-0.25, -0.2) is 4.99 Å². The highest BCUT2D eigenvalue weighted by Crippen LogP contribution is 2.34. The number of benzene rings is 1. The lowest BCUT2D eigenvalue weighted by atomic mass is 9.97. The lowest BCUT2D eigenvalue weighted by molar-refractivity contribution is 0.372. The monoisotopic (exact) mass is 390 g/mol. The summed E-state index contributed by atoms with van der Waals surface area (Å²) in [7, 11) is 1.44. The summed E-state index contributed by atoms with van der Waals surface area (Å²) < 4.78 is 5.50. The zero-order valence-corrected chi connectivity index (χ0v) is 15.6. The molecule has 0 amide bonds. The minimum absolute atomic E-state index is 0.00934. The van der Waals surface area contributed by atoms with Gasteiger partial charge in [-0.2, -0.15) is 10.5 Å². The number of hydrogen-bond acceptors (Lipinski definition) is 6. The van der Waals surface area contributed by atoms with Crippen LogP contribution in [0.4, 0.5) is 0 Å². The standard InChI is InChI=1S/C17H19BrN4O2/c1-17(2,3)10-22-14(8-20)13(7-19)21-9-11-5-12(18)16(23)15(6-11)24-4/h5-6,9,22-23H,10H2,1-4H3/b14-13-,21-9?. The van der Waals surface area contributed by atoms with Gasteiger partial charge in [0.1, 0.15) is 12.1 Å². The van der Waals surface area contributed by atoms with Crippen LogP contribution in [0.15, 0.2) is 33.0 Å². The van der Waals surface area contributed by atoms with Gasteiger partial charge < -0.3 is 15.2 Å². The van der Waals surface area contributed by atoms with Gasteiger partial charge in [-0.3, -0.25) is 0 Å². The van der Waals surface area contributed by atoms with E-state index in [1.165, 1.54) is 13.3 Å². The summed E-state index contributed by atoms with van der Waals surface area (Å²) in [5.74, 6) is 0.259.